The average molecular weight is 332 g/mol. The fourth-order valence-electron chi connectivity index (χ4n) is 2.78. The van der Waals surface area contributed by atoms with Crippen molar-refractivity contribution >= 4 is 17.4 Å². The Hall–Kier alpha value is -2.57. The molecule has 3 rings (SSSR count). The normalized spacial score (nSPS) is 17.6. The molecule has 0 unspecified atom stereocenters. The van der Waals surface area contributed by atoms with Crippen molar-refractivity contribution in [3.8, 4) is 0 Å². The van der Waals surface area contributed by atoms with E-state index in [2.05, 4.69) is 15.5 Å². The molecule has 1 aliphatic rings. The lowest BCUT2D eigenvalue weighted by Gasteiger charge is -2.32. The Labute approximate surface area is 138 Å². The molecule has 1 saturated heterocycles. The van der Waals surface area contributed by atoms with Gasteiger partial charge in [0.25, 0.3) is 0 Å². The molecule has 1 aromatic carbocycles. The Morgan fingerprint density at radius 1 is 1.21 bits per heavy atom. The van der Waals surface area contributed by atoms with E-state index in [9.17, 15) is 13.6 Å². The van der Waals surface area contributed by atoms with Crippen molar-refractivity contribution in [3.05, 3.63) is 47.7 Å². The maximum absolute atomic E-state index is 13.2. The first-order valence-corrected chi connectivity index (χ1v) is 7.84. The SMILES string of the molecule is Cc1ccc(N2CCC[C@@H](C(=O)Nc3ccc(F)c(F)c3)C2)nn1. The number of benzene rings is 1. The molecule has 24 heavy (non-hydrogen) atoms. The van der Waals surface area contributed by atoms with Crippen LogP contribution in [0.25, 0.3) is 0 Å². The molecule has 1 N–H and O–H groups in total. The number of aromatic nitrogens is 2. The van der Waals surface area contributed by atoms with Crippen LogP contribution in [0.5, 0.6) is 0 Å². The van der Waals surface area contributed by atoms with Crippen molar-refractivity contribution in [1.82, 2.24) is 10.2 Å². The van der Waals surface area contributed by atoms with Crippen LogP contribution in [0.4, 0.5) is 20.3 Å². The van der Waals surface area contributed by atoms with Gasteiger partial charge in [0.15, 0.2) is 17.5 Å². The third-order valence-corrected chi connectivity index (χ3v) is 4.09. The Bertz CT molecular complexity index is 736. The molecule has 2 aromatic rings. The third kappa shape index (κ3) is 3.67. The third-order valence-electron chi connectivity index (χ3n) is 4.09. The number of amides is 1. The summed E-state index contributed by atoms with van der Waals surface area (Å²) < 4.78 is 26.2. The number of nitrogens with one attached hydrogen (secondary N) is 1. The molecule has 1 amide bonds. The number of anilines is 2. The summed E-state index contributed by atoms with van der Waals surface area (Å²) in [6, 6.07) is 7.10. The first-order valence-electron chi connectivity index (χ1n) is 7.84. The quantitative estimate of drug-likeness (QED) is 0.939. The molecule has 0 spiro atoms. The summed E-state index contributed by atoms with van der Waals surface area (Å²) in [6.07, 6.45) is 1.59. The summed E-state index contributed by atoms with van der Waals surface area (Å²) in [5.74, 6) is -1.62. The van der Waals surface area contributed by atoms with E-state index in [1.165, 1.54) is 6.07 Å². The second kappa shape index (κ2) is 6.90. The van der Waals surface area contributed by atoms with Crippen LogP contribution in [0.2, 0.25) is 0 Å². The van der Waals surface area contributed by atoms with Gasteiger partial charge in [-0.05, 0) is 44.0 Å². The molecule has 126 valence electrons. The highest BCUT2D eigenvalue weighted by atomic mass is 19.2. The van der Waals surface area contributed by atoms with Gasteiger partial charge in [-0.2, -0.15) is 5.10 Å². The number of piperidine rings is 1. The lowest BCUT2D eigenvalue weighted by atomic mass is 9.97. The fraction of sp³-hybridized carbons (Fsp3) is 0.353. The van der Waals surface area contributed by atoms with E-state index in [-0.39, 0.29) is 17.5 Å². The van der Waals surface area contributed by atoms with Gasteiger partial charge in [0.2, 0.25) is 5.91 Å². The molecule has 7 heteroatoms. The number of hydrogen-bond donors (Lipinski definition) is 1. The monoisotopic (exact) mass is 332 g/mol. The van der Waals surface area contributed by atoms with Gasteiger partial charge in [-0.3, -0.25) is 4.79 Å². The van der Waals surface area contributed by atoms with Crippen LogP contribution in [0.1, 0.15) is 18.5 Å². The largest absolute Gasteiger partial charge is 0.354 e. The zero-order valence-corrected chi connectivity index (χ0v) is 13.3. The number of aryl methyl sites for hydroxylation is 1. The van der Waals surface area contributed by atoms with Crippen LogP contribution in [-0.4, -0.2) is 29.2 Å². The van der Waals surface area contributed by atoms with Gasteiger partial charge in [-0.15, -0.1) is 5.10 Å². The van der Waals surface area contributed by atoms with Crippen LogP contribution in [0.15, 0.2) is 30.3 Å². The van der Waals surface area contributed by atoms with E-state index in [0.29, 0.717) is 6.54 Å². The maximum Gasteiger partial charge on any atom is 0.229 e. The van der Waals surface area contributed by atoms with Crippen LogP contribution < -0.4 is 10.2 Å². The summed E-state index contributed by atoms with van der Waals surface area (Å²) in [5.41, 5.74) is 1.09. The van der Waals surface area contributed by atoms with Gasteiger partial charge in [-0.1, -0.05) is 0 Å². The molecular weight excluding hydrogens is 314 g/mol. The second-order valence-corrected chi connectivity index (χ2v) is 5.94. The average Bonchev–Trinajstić information content (AvgIpc) is 2.59. The molecule has 5 nitrogen and oxygen atoms in total. The summed E-state index contributed by atoms with van der Waals surface area (Å²) in [7, 11) is 0. The fourth-order valence-corrected chi connectivity index (χ4v) is 2.78. The summed E-state index contributed by atoms with van der Waals surface area (Å²) >= 11 is 0. The predicted octanol–water partition coefficient (Wildman–Crippen LogP) is 2.92. The van der Waals surface area contributed by atoms with Crippen molar-refractivity contribution in [1.29, 1.82) is 0 Å². The number of carbonyl (C=O) groups excluding carboxylic acids is 1. The minimum absolute atomic E-state index is 0.203. The molecule has 0 saturated carbocycles. The smallest absolute Gasteiger partial charge is 0.229 e. The topological polar surface area (TPSA) is 58.1 Å². The minimum Gasteiger partial charge on any atom is -0.354 e. The van der Waals surface area contributed by atoms with Gasteiger partial charge in [-0.25, -0.2) is 8.78 Å². The van der Waals surface area contributed by atoms with E-state index in [4.69, 9.17) is 0 Å². The number of halogens is 2. The van der Waals surface area contributed by atoms with Crippen LogP contribution >= 0.6 is 0 Å². The van der Waals surface area contributed by atoms with Crippen molar-refractivity contribution < 1.29 is 13.6 Å². The van der Waals surface area contributed by atoms with Gasteiger partial charge < -0.3 is 10.2 Å². The van der Waals surface area contributed by atoms with Crippen LogP contribution in [0.3, 0.4) is 0 Å². The molecule has 1 fully saturated rings. The lowest BCUT2D eigenvalue weighted by Crippen LogP contribution is -2.41. The van der Waals surface area contributed by atoms with Gasteiger partial charge in [0.1, 0.15) is 0 Å². The second-order valence-electron chi connectivity index (χ2n) is 5.94. The van der Waals surface area contributed by atoms with Gasteiger partial charge in [0.05, 0.1) is 11.6 Å². The number of rotatable bonds is 3. The van der Waals surface area contributed by atoms with Gasteiger partial charge in [0, 0.05) is 24.8 Å². The Morgan fingerprint density at radius 2 is 2.04 bits per heavy atom. The van der Waals surface area contributed by atoms with Crippen LogP contribution in [0, 0.1) is 24.5 Å². The van der Waals surface area contributed by atoms with E-state index in [0.717, 1.165) is 43.0 Å². The molecule has 0 radical (unpaired) electrons. The number of carbonyl (C=O) groups is 1. The summed E-state index contributed by atoms with van der Waals surface area (Å²) in [6.45, 7) is 3.20. The van der Waals surface area contributed by atoms with Crippen molar-refractivity contribution in [2.75, 3.05) is 23.3 Å². The number of nitrogens with zero attached hydrogens (tertiary/aromatic N) is 3. The molecule has 0 aliphatic carbocycles. The Morgan fingerprint density at radius 3 is 2.75 bits per heavy atom. The number of hydrogen-bond acceptors (Lipinski definition) is 4. The van der Waals surface area contributed by atoms with Crippen molar-refractivity contribution in [2.24, 2.45) is 5.92 Å². The van der Waals surface area contributed by atoms with E-state index in [1.807, 2.05) is 24.0 Å². The first kappa shape index (κ1) is 16.3. The Kier molecular flexibility index (Phi) is 4.69. The van der Waals surface area contributed by atoms with Crippen molar-refractivity contribution in [3.63, 3.8) is 0 Å². The highest BCUT2D eigenvalue weighted by Crippen LogP contribution is 2.23. The molecule has 1 atom stereocenters. The standard InChI is InChI=1S/C17H18F2N4O/c1-11-4-7-16(22-21-11)23-8-2-3-12(10-23)17(24)20-13-5-6-14(18)15(19)9-13/h4-7,9,12H,2-3,8,10H2,1H3,(H,20,24)/t12-/m1/s1. The first-order chi connectivity index (χ1) is 11.5. The van der Waals surface area contributed by atoms with E-state index >= 15 is 0 Å². The van der Waals surface area contributed by atoms with Crippen LogP contribution in [-0.2, 0) is 4.79 Å². The molecule has 1 aromatic heterocycles. The minimum atomic E-state index is -0.979. The van der Waals surface area contributed by atoms with E-state index < -0.39 is 11.6 Å². The maximum atomic E-state index is 13.2. The lowest BCUT2D eigenvalue weighted by molar-refractivity contribution is -0.120. The molecule has 2 heterocycles. The molecule has 0 bridgehead atoms. The van der Waals surface area contributed by atoms with Gasteiger partial charge >= 0.3 is 0 Å². The zero-order chi connectivity index (χ0) is 17.1. The molecular formula is C17H18F2N4O. The highest BCUT2D eigenvalue weighted by Gasteiger charge is 2.27. The summed E-state index contributed by atoms with van der Waals surface area (Å²) in [4.78, 5) is 14.4. The highest BCUT2D eigenvalue weighted by molar-refractivity contribution is 5.93. The van der Waals surface area contributed by atoms with Crippen molar-refractivity contribution in [2.45, 2.75) is 19.8 Å². The summed E-state index contributed by atoms with van der Waals surface area (Å²) in [5, 5.41) is 10.8. The van der Waals surface area contributed by atoms with E-state index in [1.54, 1.807) is 0 Å². The zero-order valence-electron chi connectivity index (χ0n) is 13.3. The Balaban J connectivity index is 1.66. The molecule has 1 aliphatic heterocycles. The predicted molar refractivity (Wildman–Crippen MR) is 86.7 cm³/mol.